The van der Waals surface area contributed by atoms with Crippen molar-refractivity contribution in [1.29, 1.82) is 5.26 Å². The first-order chi connectivity index (χ1) is 11.0. The molecule has 7 heteroatoms. The quantitative estimate of drug-likeness (QED) is 0.762. The molecule has 0 spiro atoms. The van der Waals surface area contributed by atoms with Gasteiger partial charge in [-0.15, -0.1) is 6.58 Å². The van der Waals surface area contributed by atoms with Gasteiger partial charge < -0.3 is 4.90 Å². The van der Waals surface area contributed by atoms with Gasteiger partial charge in [0, 0.05) is 32.6 Å². The van der Waals surface area contributed by atoms with Crippen molar-refractivity contribution < 1.29 is 13.2 Å². The SMILES string of the molecule is C=CCCC(=O)N1CCN(S(=O)(=O)c2ccccc2C#N)CC1. The average Bonchev–Trinajstić information content (AvgIpc) is 2.59. The number of carbonyl (C=O) groups excluding carboxylic acids is 1. The average molecular weight is 333 g/mol. The van der Waals surface area contributed by atoms with E-state index < -0.39 is 10.0 Å². The summed E-state index contributed by atoms with van der Waals surface area (Å²) in [6, 6.07) is 8.07. The number of nitrogens with zero attached hydrogens (tertiary/aromatic N) is 3. The zero-order chi connectivity index (χ0) is 16.9. The molecule has 0 unspecified atom stereocenters. The zero-order valence-corrected chi connectivity index (χ0v) is 13.6. The molecule has 1 aliphatic rings. The third kappa shape index (κ3) is 3.78. The van der Waals surface area contributed by atoms with Gasteiger partial charge in [0.2, 0.25) is 15.9 Å². The maximum atomic E-state index is 12.7. The summed E-state index contributed by atoms with van der Waals surface area (Å²) in [5, 5.41) is 9.08. The topological polar surface area (TPSA) is 81.5 Å². The first-order valence-electron chi connectivity index (χ1n) is 7.38. The highest BCUT2D eigenvalue weighted by molar-refractivity contribution is 7.89. The van der Waals surface area contributed by atoms with Crippen molar-refractivity contribution in [3.8, 4) is 6.07 Å². The molecule has 1 amide bonds. The second kappa shape index (κ2) is 7.40. The van der Waals surface area contributed by atoms with E-state index in [-0.39, 0.29) is 29.5 Å². The Kier molecular flexibility index (Phi) is 5.53. The molecule has 6 nitrogen and oxygen atoms in total. The predicted octanol–water partition coefficient (Wildman–Crippen LogP) is 1.36. The van der Waals surface area contributed by atoms with Crippen LogP contribution in [-0.4, -0.2) is 49.7 Å². The maximum Gasteiger partial charge on any atom is 0.244 e. The van der Waals surface area contributed by atoms with E-state index in [1.165, 1.54) is 16.4 Å². The van der Waals surface area contributed by atoms with Crippen LogP contribution in [0.4, 0.5) is 0 Å². The molecule has 1 saturated heterocycles. The first kappa shape index (κ1) is 17.2. The Labute approximate surface area is 136 Å². The normalized spacial score (nSPS) is 15.9. The molecule has 23 heavy (non-hydrogen) atoms. The van der Waals surface area contributed by atoms with Crippen LogP contribution >= 0.6 is 0 Å². The Hall–Kier alpha value is -2.17. The predicted molar refractivity (Wildman–Crippen MR) is 85.9 cm³/mol. The summed E-state index contributed by atoms with van der Waals surface area (Å²) in [6.07, 6.45) is 2.71. The van der Waals surface area contributed by atoms with Gasteiger partial charge in [-0.3, -0.25) is 4.79 Å². The highest BCUT2D eigenvalue weighted by atomic mass is 32.2. The van der Waals surface area contributed by atoms with Crippen LogP contribution in [0.5, 0.6) is 0 Å². The van der Waals surface area contributed by atoms with Crippen LogP contribution in [0.1, 0.15) is 18.4 Å². The molecule has 122 valence electrons. The van der Waals surface area contributed by atoms with E-state index in [0.717, 1.165) is 0 Å². The summed E-state index contributed by atoms with van der Waals surface area (Å²) in [5.74, 6) is 0.0133. The van der Waals surface area contributed by atoms with Crippen LogP contribution in [0.15, 0.2) is 41.8 Å². The van der Waals surface area contributed by atoms with E-state index in [4.69, 9.17) is 5.26 Å². The van der Waals surface area contributed by atoms with E-state index in [1.807, 2.05) is 6.07 Å². The van der Waals surface area contributed by atoms with Crippen molar-refractivity contribution in [2.24, 2.45) is 0 Å². The van der Waals surface area contributed by atoms with E-state index in [0.29, 0.717) is 25.9 Å². The summed E-state index contributed by atoms with van der Waals surface area (Å²) in [4.78, 5) is 13.6. The van der Waals surface area contributed by atoms with E-state index >= 15 is 0 Å². The molecule has 1 aromatic rings. The molecule has 1 fully saturated rings. The Morgan fingerprint density at radius 3 is 2.52 bits per heavy atom. The molecule has 0 radical (unpaired) electrons. The van der Waals surface area contributed by atoms with E-state index in [2.05, 4.69) is 6.58 Å². The lowest BCUT2D eigenvalue weighted by atomic mass is 10.2. The molecule has 1 aromatic carbocycles. The molecule has 0 aromatic heterocycles. The number of amides is 1. The lowest BCUT2D eigenvalue weighted by molar-refractivity contribution is -0.132. The van der Waals surface area contributed by atoms with Crippen LogP contribution in [0, 0.1) is 11.3 Å². The number of benzene rings is 1. The smallest absolute Gasteiger partial charge is 0.244 e. The minimum atomic E-state index is -3.71. The van der Waals surface area contributed by atoms with Gasteiger partial charge >= 0.3 is 0 Å². The fourth-order valence-corrected chi connectivity index (χ4v) is 4.05. The maximum absolute atomic E-state index is 12.7. The minimum absolute atomic E-state index is 0.0133. The molecular formula is C16H19N3O3S. The minimum Gasteiger partial charge on any atom is -0.340 e. The van der Waals surface area contributed by atoms with E-state index in [1.54, 1.807) is 23.1 Å². The Morgan fingerprint density at radius 2 is 1.91 bits per heavy atom. The molecule has 0 aliphatic carbocycles. The summed E-state index contributed by atoms with van der Waals surface area (Å²) in [7, 11) is -3.71. The fourth-order valence-electron chi connectivity index (χ4n) is 2.48. The van der Waals surface area contributed by atoms with E-state index in [9.17, 15) is 13.2 Å². The number of carbonyl (C=O) groups is 1. The summed E-state index contributed by atoms with van der Waals surface area (Å²) >= 11 is 0. The number of nitriles is 1. The molecule has 0 bridgehead atoms. The second-order valence-corrected chi connectivity index (χ2v) is 7.13. The number of allylic oxidation sites excluding steroid dienone is 1. The third-order valence-corrected chi connectivity index (χ3v) is 5.74. The van der Waals surface area contributed by atoms with Gasteiger partial charge in [-0.25, -0.2) is 8.42 Å². The molecule has 0 N–H and O–H groups in total. The van der Waals surface area contributed by atoms with Crippen LogP contribution in [-0.2, 0) is 14.8 Å². The largest absolute Gasteiger partial charge is 0.340 e. The fraction of sp³-hybridized carbons (Fsp3) is 0.375. The van der Waals surface area contributed by atoms with Crippen LogP contribution in [0.2, 0.25) is 0 Å². The summed E-state index contributed by atoms with van der Waals surface area (Å²) in [5.41, 5.74) is 0.136. The monoisotopic (exact) mass is 333 g/mol. The van der Waals surface area contributed by atoms with Crippen molar-refractivity contribution >= 4 is 15.9 Å². The highest BCUT2D eigenvalue weighted by Crippen LogP contribution is 2.21. The number of piperazine rings is 1. The molecular weight excluding hydrogens is 314 g/mol. The Bertz CT molecular complexity index is 729. The third-order valence-electron chi connectivity index (χ3n) is 3.78. The Morgan fingerprint density at radius 1 is 1.26 bits per heavy atom. The molecule has 2 rings (SSSR count). The Balaban J connectivity index is 2.09. The molecule has 1 aliphatic heterocycles. The van der Waals surface area contributed by atoms with Gasteiger partial charge in [0.1, 0.15) is 6.07 Å². The molecule has 0 atom stereocenters. The second-order valence-electron chi connectivity index (χ2n) is 5.22. The zero-order valence-electron chi connectivity index (χ0n) is 12.8. The van der Waals surface area contributed by atoms with Gasteiger partial charge in [0.25, 0.3) is 0 Å². The van der Waals surface area contributed by atoms with Crippen molar-refractivity contribution in [3.63, 3.8) is 0 Å². The lowest BCUT2D eigenvalue weighted by Crippen LogP contribution is -2.50. The summed E-state index contributed by atoms with van der Waals surface area (Å²) in [6.45, 7) is 4.79. The van der Waals surface area contributed by atoms with Crippen molar-refractivity contribution in [2.75, 3.05) is 26.2 Å². The number of rotatable bonds is 5. The standard InChI is InChI=1S/C16H19N3O3S/c1-2-3-8-16(20)18-9-11-19(12-10-18)23(21,22)15-7-5-4-6-14(15)13-17/h2,4-7H,1,3,8-12H2. The van der Waals surface area contributed by atoms with Crippen LogP contribution < -0.4 is 0 Å². The van der Waals surface area contributed by atoms with Gasteiger partial charge in [0.15, 0.2) is 0 Å². The van der Waals surface area contributed by atoms with Gasteiger partial charge in [-0.1, -0.05) is 18.2 Å². The number of hydrogen-bond acceptors (Lipinski definition) is 4. The number of sulfonamides is 1. The van der Waals surface area contributed by atoms with Crippen LogP contribution in [0.3, 0.4) is 0 Å². The molecule has 1 heterocycles. The van der Waals surface area contributed by atoms with Gasteiger partial charge in [-0.05, 0) is 18.6 Å². The first-order valence-corrected chi connectivity index (χ1v) is 8.82. The lowest BCUT2D eigenvalue weighted by Gasteiger charge is -2.34. The molecule has 0 saturated carbocycles. The number of hydrogen-bond donors (Lipinski definition) is 0. The van der Waals surface area contributed by atoms with Crippen molar-refractivity contribution in [3.05, 3.63) is 42.5 Å². The summed E-state index contributed by atoms with van der Waals surface area (Å²) < 4.78 is 26.7. The van der Waals surface area contributed by atoms with Gasteiger partial charge in [-0.2, -0.15) is 9.57 Å². The van der Waals surface area contributed by atoms with Gasteiger partial charge in [0.05, 0.1) is 10.5 Å². The van der Waals surface area contributed by atoms with Crippen LogP contribution in [0.25, 0.3) is 0 Å². The van der Waals surface area contributed by atoms with Crippen molar-refractivity contribution in [1.82, 2.24) is 9.21 Å². The van der Waals surface area contributed by atoms with Crippen molar-refractivity contribution in [2.45, 2.75) is 17.7 Å². The highest BCUT2D eigenvalue weighted by Gasteiger charge is 2.31.